The molecule has 0 aliphatic rings. The van der Waals surface area contributed by atoms with E-state index in [1.54, 1.807) is 0 Å². The number of benzene rings is 2. The van der Waals surface area contributed by atoms with Gasteiger partial charge >= 0.3 is 0 Å². The number of hydrogen-bond acceptors (Lipinski definition) is 1. The number of imidazole rings is 1. The highest BCUT2D eigenvalue weighted by Crippen LogP contribution is 2.20. The van der Waals surface area contributed by atoms with E-state index in [1.165, 1.54) is 16.6 Å². The fraction of sp³-hybridized carbons (Fsp3) is 0.278. The van der Waals surface area contributed by atoms with Crippen molar-refractivity contribution in [2.45, 2.75) is 32.2 Å². The summed E-state index contributed by atoms with van der Waals surface area (Å²) >= 11 is 6.06. The molecular formula is C18H19ClN2. The van der Waals surface area contributed by atoms with Gasteiger partial charge in [0.25, 0.3) is 0 Å². The van der Waals surface area contributed by atoms with Crippen LogP contribution in [0.15, 0.2) is 48.5 Å². The summed E-state index contributed by atoms with van der Waals surface area (Å²) in [5, 5.41) is 0. The fourth-order valence-corrected chi connectivity index (χ4v) is 2.92. The molecule has 0 amide bonds. The summed E-state index contributed by atoms with van der Waals surface area (Å²) in [6.45, 7) is 3.07. The molecule has 108 valence electrons. The van der Waals surface area contributed by atoms with E-state index >= 15 is 0 Å². The van der Waals surface area contributed by atoms with Crippen molar-refractivity contribution in [2.75, 3.05) is 0 Å². The van der Waals surface area contributed by atoms with E-state index in [-0.39, 0.29) is 0 Å². The summed E-state index contributed by atoms with van der Waals surface area (Å²) in [6, 6.07) is 17.0. The Morgan fingerprint density at radius 2 is 1.90 bits per heavy atom. The van der Waals surface area contributed by atoms with Gasteiger partial charge < -0.3 is 4.57 Å². The molecule has 1 heterocycles. The van der Waals surface area contributed by atoms with Gasteiger partial charge in [0.15, 0.2) is 0 Å². The van der Waals surface area contributed by atoms with Crippen LogP contribution in [0, 0.1) is 6.92 Å². The van der Waals surface area contributed by atoms with Crippen LogP contribution in [-0.4, -0.2) is 9.55 Å². The maximum absolute atomic E-state index is 6.06. The number of nitrogens with zero attached hydrogens (tertiary/aromatic N) is 2. The fourth-order valence-electron chi connectivity index (χ4n) is 2.72. The molecule has 2 nitrogen and oxygen atoms in total. The highest BCUT2D eigenvalue weighted by Gasteiger charge is 2.09. The Balaban J connectivity index is 1.80. The molecular weight excluding hydrogens is 280 g/mol. The van der Waals surface area contributed by atoms with Gasteiger partial charge in [-0.3, -0.25) is 0 Å². The second-order valence-electron chi connectivity index (χ2n) is 5.39. The topological polar surface area (TPSA) is 17.8 Å². The highest BCUT2D eigenvalue weighted by atomic mass is 35.5. The van der Waals surface area contributed by atoms with Gasteiger partial charge in [-0.05, 0) is 43.0 Å². The molecule has 0 aliphatic carbocycles. The average molecular weight is 299 g/mol. The van der Waals surface area contributed by atoms with Crippen molar-refractivity contribution in [3.8, 4) is 0 Å². The molecule has 0 unspecified atom stereocenters. The minimum absolute atomic E-state index is 0.457. The van der Waals surface area contributed by atoms with Gasteiger partial charge in [0.1, 0.15) is 5.82 Å². The summed E-state index contributed by atoms with van der Waals surface area (Å²) in [5.41, 5.74) is 4.87. The van der Waals surface area contributed by atoms with Gasteiger partial charge in [-0.1, -0.05) is 36.4 Å². The van der Waals surface area contributed by atoms with E-state index in [2.05, 4.69) is 65.0 Å². The van der Waals surface area contributed by atoms with Crippen molar-refractivity contribution in [1.82, 2.24) is 9.55 Å². The van der Waals surface area contributed by atoms with Gasteiger partial charge in [0.2, 0.25) is 0 Å². The van der Waals surface area contributed by atoms with Crippen LogP contribution in [0.25, 0.3) is 11.0 Å². The molecule has 3 aromatic rings. The molecule has 2 aromatic carbocycles. The predicted octanol–water partition coefficient (Wildman–Crippen LogP) is 4.72. The summed E-state index contributed by atoms with van der Waals surface area (Å²) in [4.78, 5) is 4.63. The zero-order chi connectivity index (χ0) is 14.7. The average Bonchev–Trinajstić information content (AvgIpc) is 2.86. The Kier molecular flexibility index (Phi) is 4.26. The Morgan fingerprint density at radius 3 is 2.67 bits per heavy atom. The first-order valence-electron chi connectivity index (χ1n) is 7.33. The van der Waals surface area contributed by atoms with Crippen molar-refractivity contribution >= 4 is 22.6 Å². The zero-order valence-corrected chi connectivity index (χ0v) is 13.0. The van der Waals surface area contributed by atoms with E-state index < -0.39 is 0 Å². The normalized spacial score (nSPS) is 11.1. The van der Waals surface area contributed by atoms with Crippen LogP contribution in [-0.2, 0) is 18.8 Å². The molecule has 0 bridgehead atoms. The van der Waals surface area contributed by atoms with E-state index in [0.29, 0.717) is 5.88 Å². The summed E-state index contributed by atoms with van der Waals surface area (Å²) in [6.07, 6.45) is 2.17. The number of alkyl halides is 1. The lowest BCUT2D eigenvalue weighted by molar-refractivity contribution is 0.638. The first kappa shape index (κ1) is 14.2. The first-order chi connectivity index (χ1) is 10.3. The molecule has 3 heteroatoms. The largest absolute Gasteiger partial charge is 0.327 e. The number of hydrogen-bond donors (Lipinski definition) is 0. The molecule has 0 spiro atoms. The van der Waals surface area contributed by atoms with Crippen LogP contribution in [0.5, 0.6) is 0 Å². The molecule has 0 fully saturated rings. The molecule has 3 rings (SSSR count). The number of rotatable bonds is 5. The number of aryl methyl sites for hydroxylation is 3. The van der Waals surface area contributed by atoms with Crippen molar-refractivity contribution in [3.63, 3.8) is 0 Å². The van der Waals surface area contributed by atoms with Crippen LogP contribution in [0.3, 0.4) is 0 Å². The van der Waals surface area contributed by atoms with Gasteiger partial charge in [-0.25, -0.2) is 4.98 Å². The van der Waals surface area contributed by atoms with Crippen molar-refractivity contribution in [1.29, 1.82) is 0 Å². The Labute approximate surface area is 130 Å². The monoisotopic (exact) mass is 298 g/mol. The third-order valence-corrected chi connectivity index (χ3v) is 4.03. The summed E-state index contributed by atoms with van der Waals surface area (Å²) < 4.78 is 2.26. The van der Waals surface area contributed by atoms with Crippen LogP contribution in [0.1, 0.15) is 23.4 Å². The van der Waals surface area contributed by atoms with Gasteiger partial charge in [-0.15, -0.1) is 11.6 Å². The molecule has 0 saturated heterocycles. The van der Waals surface area contributed by atoms with Crippen LogP contribution >= 0.6 is 11.6 Å². The molecule has 0 N–H and O–H groups in total. The second-order valence-corrected chi connectivity index (χ2v) is 5.66. The number of halogens is 1. The SMILES string of the molecule is Cc1ccc2nc(CCl)n(CCCc3ccccc3)c2c1. The maximum Gasteiger partial charge on any atom is 0.124 e. The lowest BCUT2D eigenvalue weighted by Gasteiger charge is -2.08. The van der Waals surface area contributed by atoms with Crippen LogP contribution in [0.4, 0.5) is 0 Å². The Bertz CT molecular complexity index is 732. The lowest BCUT2D eigenvalue weighted by atomic mass is 10.1. The minimum Gasteiger partial charge on any atom is -0.327 e. The number of aromatic nitrogens is 2. The second kappa shape index (κ2) is 6.31. The lowest BCUT2D eigenvalue weighted by Crippen LogP contribution is -2.03. The molecule has 0 atom stereocenters. The molecule has 21 heavy (non-hydrogen) atoms. The van der Waals surface area contributed by atoms with E-state index in [1.807, 2.05) is 0 Å². The standard InChI is InChI=1S/C18H19ClN2/c1-14-9-10-16-17(12-14)21(18(13-19)20-16)11-5-8-15-6-3-2-4-7-15/h2-4,6-7,9-10,12H,5,8,11,13H2,1H3. The van der Waals surface area contributed by atoms with E-state index in [9.17, 15) is 0 Å². The van der Waals surface area contributed by atoms with E-state index in [0.717, 1.165) is 30.7 Å². The van der Waals surface area contributed by atoms with Gasteiger partial charge in [-0.2, -0.15) is 0 Å². The van der Waals surface area contributed by atoms with Gasteiger partial charge in [0.05, 0.1) is 16.9 Å². The molecule has 0 saturated carbocycles. The third-order valence-electron chi connectivity index (χ3n) is 3.79. The molecule has 1 aromatic heterocycles. The summed E-state index contributed by atoms with van der Waals surface area (Å²) in [7, 11) is 0. The molecule has 0 aliphatic heterocycles. The Hall–Kier alpha value is -1.80. The van der Waals surface area contributed by atoms with Crippen molar-refractivity contribution < 1.29 is 0 Å². The quantitative estimate of drug-likeness (QED) is 0.623. The van der Waals surface area contributed by atoms with Crippen LogP contribution in [0.2, 0.25) is 0 Å². The molecule has 0 radical (unpaired) electrons. The zero-order valence-electron chi connectivity index (χ0n) is 12.2. The van der Waals surface area contributed by atoms with Crippen LogP contribution < -0.4 is 0 Å². The van der Waals surface area contributed by atoms with Crippen molar-refractivity contribution in [2.24, 2.45) is 0 Å². The number of fused-ring (bicyclic) bond motifs is 1. The highest BCUT2D eigenvalue weighted by molar-refractivity contribution is 6.16. The van der Waals surface area contributed by atoms with Crippen molar-refractivity contribution in [3.05, 3.63) is 65.5 Å². The summed E-state index contributed by atoms with van der Waals surface area (Å²) in [5.74, 6) is 1.42. The minimum atomic E-state index is 0.457. The smallest absolute Gasteiger partial charge is 0.124 e. The third kappa shape index (κ3) is 3.11. The first-order valence-corrected chi connectivity index (χ1v) is 7.87. The van der Waals surface area contributed by atoms with Gasteiger partial charge in [0, 0.05) is 6.54 Å². The maximum atomic E-state index is 6.06. The predicted molar refractivity (Wildman–Crippen MR) is 88.8 cm³/mol. The van der Waals surface area contributed by atoms with E-state index in [4.69, 9.17) is 11.6 Å². The Morgan fingerprint density at radius 1 is 1.10 bits per heavy atom.